The van der Waals surface area contributed by atoms with Crippen molar-refractivity contribution in [2.45, 2.75) is 56.6 Å². The fourth-order valence-corrected chi connectivity index (χ4v) is 6.06. The van der Waals surface area contributed by atoms with Crippen molar-refractivity contribution < 1.29 is 5.11 Å². The van der Waals surface area contributed by atoms with Gasteiger partial charge in [0.15, 0.2) is 0 Å². The van der Waals surface area contributed by atoms with Gasteiger partial charge in [0.05, 0.1) is 0 Å². The first-order valence-electron chi connectivity index (χ1n) is 8.03. The van der Waals surface area contributed by atoms with E-state index >= 15 is 0 Å². The Morgan fingerprint density at radius 2 is 1.65 bits per heavy atom. The van der Waals surface area contributed by atoms with Gasteiger partial charge in [-0.2, -0.15) is 12.6 Å². The van der Waals surface area contributed by atoms with Crippen molar-refractivity contribution in [3.05, 3.63) is 28.8 Å². The molecule has 1 nitrogen and oxygen atoms in total. The van der Waals surface area contributed by atoms with Gasteiger partial charge in [-0.1, -0.05) is 17.7 Å². The van der Waals surface area contributed by atoms with Crippen LogP contribution in [0, 0.1) is 24.7 Å². The summed E-state index contributed by atoms with van der Waals surface area (Å²) in [4.78, 5) is 0. The molecule has 20 heavy (non-hydrogen) atoms. The van der Waals surface area contributed by atoms with E-state index < -0.39 is 0 Å². The average Bonchev–Trinajstić information content (AvgIpc) is 2.39. The second-order valence-electron chi connectivity index (χ2n) is 7.68. The van der Waals surface area contributed by atoms with E-state index in [2.05, 4.69) is 31.7 Å². The van der Waals surface area contributed by atoms with Gasteiger partial charge in [-0.15, -0.1) is 0 Å². The molecule has 5 rings (SSSR count). The summed E-state index contributed by atoms with van der Waals surface area (Å²) in [5, 5.41) is 10.7. The minimum atomic E-state index is 0.280. The van der Waals surface area contributed by atoms with Crippen LogP contribution < -0.4 is 0 Å². The highest BCUT2D eigenvalue weighted by Gasteiger charge is 2.52. The molecule has 1 aromatic rings. The minimum absolute atomic E-state index is 0.280. The first-order valence-corrected chi connectivity index (χ1v) is 8.67. The lowest BCUT2D eigenvalue weighted by Crippen LogP contribution is -2.48. The number of phenols is 1. The number of aromatic hydroxyl groups is 1. The lowest BCUT2D eigenvalue weighted by Gasteiger charge is -2.57. The Labute approximate surface area is 127 Å². The average molecular weight is 288 g/mol. The highest BCUT2D eigenvalue weighted by molar-refractivity contribution is 7.79. The summed E-state index contributed by atoms with van der Waals surface area (Å²) in [6.07, 6.45) is 8.27. The van der Waals surface area contributed by atoms with Crippen molar-refractivity contribution in [3.8, 4) is 5.75 Å². The van der Waals surface area contributed by atoms with E-state index in [0.29, 0.717) is 11.5 Å². The quantitative estimate of drug-likeness (QED) is 0.762. The Kier molecular flexibility index (Phi) is 2.89. The summed E-state index contributed by atoms with van der Waals surface area (Å²) in [6.45, 7) is 2.15. The highest BCUT2D eigenvalue weighted by Crippen LogP contribution is 2.62. The van der Waals surface area contributed by atoms with Gasteiger partial charge in [0.2, 0.25) is 0 Å². The predicted octanol–water partition coefficient (Wildman–Crippen LogP) is 4.60. The van der Waals surface area contributed by atoms with Gasteiger partial charge in [0.25, 0.3) is 0 Å². The molecule has 0 unspecified atom stereocenters. The number of phenolic OH excluding ortho intramolecular Hbond substituents is 1. The van der Waals surface area contributed by atoms with Gasteiger partial charge < -0.3 is 5.11 Å². The monoisotopic (exact) mass is 288 g/mol. The maximum Gasteiger partial charge on any atom is 0.123 e. The van der Waals surface area contributed by atoms with Crippen LogP contribution in [-0.4, -0.2) is 5.11 Å². The van der Waals surface area contributed by atoms with Crippen LogP contribution in [0.2, 0.25) is 0 Å². The Bertz CT molecular complexity index is 513. The predicted molar refractivity (Wildman–Crippen MR) is 85.4 cm³/mol. The van der Waals surface area contributed by atoms with Crippen LogP contribution in [0.4, 0.5) is 0 Å². The maximum absolute atomic E-state index is 10.7. The van der Waals surface area contributed by atoms with Crippen molar-refractivity contribution in [1.29, 1.82) is 0 Å². The third-order valence-corrected chi connectivity index (χ3v) is 6.45. The van der Waals surface area contributed by atoms with Gasteiger partial charge in [-0.05, 0) is 68.6 Å². The maximum atomic E-state index is 10.7. The number of rotatable bonds is 2. The normalized spacial score (nSPS) is 38.4. The fourth-order valence-electron chi connectivity index (χ4n) is 5.82. The van der Waals surface area contributed by atoms with E-state index in [1.807, 2.05) is 0 Å². The van der Waals surface area contributed by atoms with Crippen molar-refractivity contribution in [3.63, 3.8) is 0 Å². The van der Waals surface area contributed by atoms with E-state index in [9.17, 15) is 5.11 Å². The molecule has 1 N–H and O–H groups in total. The first kappa shape index (κ1) is 13.1. The van der Waals surface area contributed by atoms with Gasteiger partial charge in [-0.25, -0.2) is 0 Å². The Morgan fingerprint density at radius 3 is 2.15 bits per heavy atom. The smallest absolute Gasteiger partial charge is 0.123 e. The topological polar surface area (TPSA) is 20.2 Å². The summed E-state index contributed by atoms with van der Waals surface area (Å²) >= 11 is 4.39. The molecule has 4 saturated carbocycles. The second kappa shape index (κ2) is 4.43. The standard InChI is InChI=1S/C18H24OS/c1-11-2-15(10-20)17(19)16(3-11)18-7-12-4-13(8-18)6-14(5-12)9-18/h2-3,12-14,19-20H,4-10H2,1H3. The zero-order valence-corrected chi connectivity index (χ0v) is 13.1. The molecule has 0 aliphatic heterocycles. The van der Waals surface area contributed by atoms with E-state index in [-0.39, 0.29) is 5.41 Å². The van der Waals surface area contributed by atoms with Crippen LogP contribution in [-0.2, 0) is 11.2 Å². The SMILES string of the molecule is Cc1cc(CS)c(O)c(C23CC4CC(CC(C4)C2)C3)c1. The minimum Gasteiger partial charge on any atom is -0.507 e. The van der Waals surface area contributed by atoms with Crippen molar-refractivity contribution in [2.24, 2.45) is 17.8 Å². The number of hydrogen-bond acceptors (Lipinski definition) is 2. The molecular weight excluding hydrogens is 264 g/mol. The van der Waals surface area contributed by atoms with Gasteiger partial charge >= 0.3 is 0 Å². The van der Waals surface area contributed by atoms with E-state index in [1.54, 1.807) is 0 Å². The molecule has 4 fully saturated rings. The summed E-state index contributed by atoms with van der Waals surface area (Å²) in [6, 6.07) is 4.35. The van der Waals surface area contributed by atoms with Crippen molar-refractivity contribution in [1.82, 2.24) is 0 Å². The number of benzene rings is 1. The number of aryl methyl sites for hydroxylation is 1. The number of hydrogen-bond donors (Lipinski definition) is 2. The Morgan fingerprint density at radius 1 is 1.10 bits per heavy atom. The van der Waals surface area contributed by atoms with Crippen molar-refractivity contribution >= 4 is 12.6 Å². The zero-order chi connectivity index (χ0) is 13.9. The molecule has 1 aromatic carbocycles. The summed E-state index contributed by atoms with van der Waals surface area (Å²) in [7, 11) is 0. The molecule has 2 heteroatoms. The molecule has 0 radical (unpaired) electrons. The molecule has 0 heterocycles. The van der Waals surface area contributed by atoms with Crippen LogP contribution >= 0.6 is 12.6 Å². The molecule has 0 amide bonds. The van der Waals surface area contributed by atoms with Crippen LogP contribution in [0.1, 0.15) is 55.2 Å². The molecule has 0 aromatic heterocycles. The van der Waals surface area contributed by atoms with Crippen molar-refractivity contribution in [2.75, 3.05) is 0 Å². The third kappa shape index (κ3) is 1.83. The van der Waals surface area contributed by atoms with E-state index in [0.717, 1.165) is 23.3 Å². The molecule has 0 saturated heterocycles. The van der Waals surface area contributed by atoms with Crippen LogP contribution in [0.25, 0.3) is 0 Å². The van der Waals surface area contributed by atoms with Gasteiger partial charge in [-0.3, -0.25) is 0 Å². The van der Waals surface area contributed by atoms with Gasteiger partial charge in [0, 0.05) is 16.9 Å². The Hall–Kier alpha value is -0.630. The lowest BCUT2D eigenvalue weighted by molar-refractivity contribution is -0.00619. The molecule has 0 spiro atoms. The molecular formula is C18H24OS. The van der Waals surface area contributed by atoms with Crippen LogP contribution in [0.3, 0.4) is 0 Å². The zero-order valence-electron chi connectivity index (χ0n) is 12.2. The largest absolute Gasteiger partial charge is 0.507 e. The molecule has 4 aliphatic carbocycles. The number of thiol groups is 1. The Balaban J connectivity index is 1.82. The molecule has 0 atom stereocenters. The molecule has 4 bridgehead atoms. The summed E-state index contributed by atoms with van der Waals surface area (Å²) < 4.78 is 0. The van der Waals surface area contributed by atoms with Crippen LogP contribution in [0.5, 0.6) is 5.75 Å². The first-order chi connectivity index (χ1) is 9.59. The highest BCUT2D eigenvalue weighted by atomic mass is 32.1. The molecule has 108 valence electrons. The second-order valence-corrected chi connectivity index (χ2v) is 7.99. The summed E-state index contributed by atoms with van der Waals surface area (Å²) in [5.41, 5.74) is 3.82. The van der Waals surface area contributed by atoms with Gasteiger partial charge in [0.1, 0.15) is 5.75 Å². The fraction of sp³-hybridized carbons (Fsp3) is 0.667. The van der Waals surface area contributed by atoms with E-state index in [1.165, 1.54) is 49.7 Å². The third-order valence-electron chi connectivity index (χ3n) is 6.11. The lowest BCUT2D eigenvalue weighted by atomic mass is 9.48. The summed E-state index contributed by atoms with van der Waals surface area (Å²) in [5.74, 6) is 3.93. The molecule has 4 aliphatic rings. The van der Waals surface area contributed by atoms with Crippen LogP contribution in [0.15, 0.2) is 12.1 Å². The van der Waals surface area contributed by atoms with E-state index in [4.69, 9.17) is 0 Å².